The molecule has 1 fully saturated rings. The summed E-state index contributed by atoms with van der Waals surface area (Å²) in [6.45, 7) is 13.0. The molecule has 0 aromatic carbocycles. The van der Waals surface area contributed by atoms with Gasteiger partial charge >= 0.3 is 0 Å². The highest BCUT2D eigenvalue weighted by Gasteiger charge is 2.53. The van der Waals surface area contributed by atoms with Crippen molar-refractivity contribution < 1.29 is 20.1 Å². The molecule has 0 unspecified atom stereocenters. The van der Waals surface area contributed by atoms with E-state index in [-0.39, 0.29) is 29.8 Å². The van der Waals surface area contributed by atoms with Crippen LogP contribution in [0.5, 0.6) is 0 Å². The van der Waals surface area contributed by atoms with Gasteiger partial charge in [0.25, 0.3) is 5.95 Å². The van der Waals surface area contributed by atoms with Crippen LogP contribution in [0.3, 0.4) is 0 Å². The third-order valence-electron chi connectivity index (χ3n) is 5.21. The minimum atomic E-state index is -1.11. The van der Waals surface area contributed by atoms with E-state index in [2.05, 4.69) is 13.2 Å². The quantitative estimate of drug-likeness (QED) is 0.553. The SMILES string of the molecule is C=C(O)O[C@H]1C=C(C)[C@H]2C[C@H](O)[C@@](C)(O)[C@@H]2C[C@@H]1C(=C)C. The Morgan fingerprint density at radius 2 is 2.00 bits per heavy atom. The van der Waals surface area contributed by atoms with E-state index < -0.39 is 11.7 Å². The monoisotopic (exact) mass is 294 g/mol. The zero-order chi connectivity index (χ0) is 15.9. The summed E-state index contributed by atoms with van der Waals surface area (Å²) in [5.41, 5.74) is 0.897. The first kappa shape index (κ1) is 16.1. The number of hydrogen-bond donors (Lipinski definition) is 3. The Labute approximate surface area is 126 Å². The summed E-state index contributed by atoms with van der Waals surface area (Å²) in [6.07, 6.45) is 2.14. The lowest BCUT2D eigenvalue weighted by Gasteiger charge is -2.33. The van der Waals surface area contributed by atoms with Crippen molar-refractivity contribution >= 4 is 0 Å². The van der Waals surface area contributed by atoms with Crippen LogP contribution in [0.25, 0.3) is 0 Å². The van der Waals surface area contributed by atoms with Crippen LogP contribution in [0.1, 0.15) is 33.6 Å². The number of hydrogen-bond acceptors (Lipinski definition) is 4. The third-order valence-corrected chi connectivity index (χ3v) is 5.21. The zero-order valence-corrected chi connectivity index (χ0v) is 13.0. The molecule has 0 aromatic rings. The van der Waals surface area contributed by atoms with Crippen LogP contribution in [0, 0.1) is 17.8 Å². The summed E-state index contributed by atoms with van der Waals surface area (Å²) in [4.78, 5) is 0. The largest absolute Gasteiger partial charge is 0.481 e. The molecule has 0 saturated heterocycles. The summed E-state index contributed by atoms with van der Waals surface area (Å²) in [5.74, 6) is -0.270. The molecule has 0 bridgehead atoms. The predicted octanol–water partition coefficient (Wildman–Crippen LogP) is 2.69. The second-order valence-corrected chi connectivity index (χ2v) is 6.77. The van der Waals surface area contributed by atoms with Crippen molar-refractivity contribution in [2.24, 2.45) is 17.8 Å². The van der Waals surface area contributed by atoms with E-state index in [1.54, 1.807) is 6.92 Å². The van der Waals surface area contributed by atoms with Gasteiger partial charge in [0.1, 0.15) is 6.10 Å². The van der Waals surface area contributed by atoms with Crippen molar-refractivity contribution in [2.75, 3.05) is 0 Å². The minimum Gasteiger partial charge on any atom is -0.481 e. The Morgan fingerprint density at radius 1 is 1.38 bits per heavy atom. The average molecular weight is 294 g/mol. The van der Waals surface area contributed by atoms with E-state index >= 15 is 0 Å². The normalized spacial score (nSPS) is 42.7. The van der Waals surface area contributed by atoms with Gasteiger partial charge in [-0.15, -0.1) is 0 Å². The molecular weight excluding hydrogens is 268 g/mol. The van der Waals surface area contributed by atoms with Crippen LogP contribution >= 0.6 is 0 Å². The van der Waals surface area contributed by atoms with Gasteiger partial charge < -0.3 is 20.1 Å². The second-order valence-electron chi connectivity index (χ2n) is 6.77. The van der Waals surface area contributed by atoms with Crippen LogP contribution < -0.4 is 0 Å². The molecule has 0 aliphatic heterocycles. The van der Waals surface area contributed by atoms with Crippen LogP contribution in [0.15, 0.2) is 36.3 Å². The number of rotatable bonds is 3. The van der Waals surface area contributed by atoms with Crippen molar-refractivity contribution in [3.8, 4) is 0 Å². The summed E-state index contributed by atoms with van der Waals surface area (Å²) in [7, 11) is 0. The Bertz CT molecular complexity index is 477. The molecule has 2 aliphatic carbocycles. The predicted molar refractivity (Wildman–Crippen MR) is 81.5 cm³/mol. The fourth-order valence-electron chi connectivity index (χ4n) is 3.87. The molecular formula is C17H26O4. The van der Waals surface area contributed by atoms with Gasteiger partial charge in [-0.1, -0.05) is 17.7 Å². The van der Waals surface area contributed by atoms with Crippen LogP contribution in [0.2, 0.25) is 0 Å². The molecule has 0 radical (unpaired) electrons. The van der Waals surface area contributed by atoms with Crippen molar-refractivity contribution in [3.05, 3.63) is 36.3 Å². The highest BCUT2D eigenvalue weighted by atomic mass is 16.6. The number of allylic oxidation sites excluding steroid dienone is 1. The van der Waals surface area contributed by atoms with Gasteiger partial charge in [0, 0.05) is 5.92 Å². The number of ether oxygens (including phenoxy) is 1. The van der Waals surface area contributed by atoms with Crippen molar-refractivity contribution in [2.45, 2.75) is 51.4 Å². The van der Waals surface area contributed by atoms with Gasteiger partial charge in [0.05, 0.1) is 11.7 Å². The highest BCUT2D eigenvalue weighted by molar-refractivity contribution is 5.22. The lowest BCUT2D eigenvalue weighted by atomic mass is 9.77. The lowest BCUT2D eigenvalue weighted by molar-refractivity contribution is -0.0754. The van der Waals surface area contributed by atoms with E-state index in [1.165, 1.54) is 0 Å². The van der Waals surface area contributed by atoms with Crippen LogP contribution in [0.4, 0.5) is 0 Å². The van der Waals surface area contributed by atoms with E-state index in [4.69, 9.17) is 4.74 Å². The topological polar surface area (TPSA) is 69.9 Å². The van der Waals surface area contributed by atoms with Gasteiger partial charge in [-0.25, -0.2) is 0 Å². The Balaban J connectivity index is 2.39. The summed E-state index contributed by atoms with van der Waals surface area (Å²) >= 11 is 0. The van der Waals surface area contributed by atoms with Gasteiger partial charge in [-0.05, 0) is 58.1 Å². The van der Waals surface area contributed by atoms with Gasteiger partial charge in [-0.2, -0.15) is 0 Å². The summed E-state index contributed by atoms with van der Waals surface area (Å²) in [5, 5.41) is 30.2. The maximum Gasteiger partial charge on any atom is 0.269 e. The molecule has 0 heterocycles. The molecule has 4 nitrogen and oxygen atoms in total. The van der Waals surface area contributed by atoms with Crippen molar-refractivity contribution in [3.63, 3.8) is 0 Å². The van der Waals surface area contributed by atoms with E-state index in [0.29, 0.717) is 12.8 Å². The first-order valence-electron chi connectivity index (χ1n) is 7.43. The standard InChI is InChI=1S/C17H26O4/c1-9(2)12-7-14-13(8-16(19)17(14,5)20)10(3)6-15(12)21-11(4)18/h6,12-16,18-20H,1,4,7-8H2,2-3,5H3/t12-,13-,14-,15+,16+,17+/m1/s1. The molecule has 3 N–H and O–H groups in total. The average Bonchev–Trinajstić information content (AvgIpc) is 2.48. The van der Waals surface area contributed by atoms with Gasteiger partial charge in [0.2, 0.25) is 0 Å². The first-order chi connectivity index (χ1) is 9.64. The van der Waals surface area contributed by atoms with Crippen molar-refractivity contribution in [1.29, 1.82) is 0 Å². The Morgan fingerprint density at radius 3 is 2.52 bits per heavy atom. The fourth-order valence-corrected chi connectivity index (χ4v) is 3.87. The molecule has 6 atom stereocenters. The van der Waals surface area contributed by atoms with Crippen LogP contribution in [-0.4, -0.2) is 33.1 Å². The minimum absolute atomic E-state index is 0.0318. The second kappa shape index (κ2) is 5.50. The number of aliphatic hydroxyl groups is 3. The Hall–Kier alpha value is -1.26. The van der Waals surface area contributed by atoms with Gasteiger partial charge in [0.15, 0.2) is 0 Å². The molecule has 21 heavy (non-hydrogen) atoms. The fraction of sp³-hybridized carbons (Fsp3) is 0.647. The van der Waals surface area contributed by atoms with E-state index in [1.807, 2.05) is 19.9 Å². The van der Waals surface area contributed by atoms with E-state index in [9.17, 15) is 15.3 Å². The molecule has 0 spiro atoms. The van der Waals surface area contributed by atoms with Gasteiger partial charge in [-0.3, -0.25) is 0 Å². The molecule has 0 amide bonds. The Kier molecular flexibility index (Phi) is 4.22. The summed E-state index contributed by atoms with van der Waals surface area (Å²) in [6, 6.07) is 0. The van der Waals surface area contributed by atoms with Crippen molar-refractivity contribution in [1.82, 2.24) is 0 Å². The molecule has 4 heteroatoms. The molecule has 2 aliphatic rings. The number of fused-ring (bicyclic) bond motifs is 1. The summed E-state index contributed by atoms with van der Waals surface area (Å²) < 4.78 is 5.46. The zero-order valence-electron chi connectivity index (χ0n) is 13.0. The lowest BCUT2D eigenvalue weighted by Crippen LogP contribution is -2.42. The highest BCUT2D eigenvalue weighted by Crippen LogP contribution is 2.50. The van der Waals surface area contributed by atoms with E-state index in [0.717, 1.165) is 11.1 Å². The molecule has 0 aromatic heterocycles. The smallest absolute Gasteiger partial charge is 0.269 e. The number of aliphatic hydroxyl groups excluding tert-OH is 2. The maximum absolute atomic E-state index is 10.7. The molecule has 1 saturated carbocycles. The molecule has 2 rings (SSSR count). The first-order valence-corrected chi connectivity index (χ1v) is 7.43. The molecule has 118 valence electrons. The maximum atomic E-state index is 10.7. The van der Waals surface area contributed by atoms with Crippen LogP contribution in [-0.2, 0) is 4.74 Å². The third kappa shape index (κ3) is 2.87.